The topological polar surface area (TPSA) is 48.1 Å². The Balaban J connectivity index is 2.34. The Morgan fingerprint density at radius 1 is 1.05 bits per heavy atom. The first-order valence-electron chi connectivity index (χ1n) is 7.51. The summed E-state index contributed by atoms with van der Waals surface area (Å²) in [7, 11) is 0. The van der Waals surface area contributed by atoms with Gasteiger partial charge >= 0.3 is 0 Å². The van der Waals surface area contributed by atoms with Gasteiger partial charge in [-0.2, -0.15) is 0 Å². The summed E-state index contributed by atoms with van der Waals surface area (Å²) in [5, 5.41) is 1.07. The van der Waals surface area contributed by atoms with Crippen molar-refractivity contribution in [1.29, 1.82) is 0 Å². The highest BCUT2D eigenvalue weighted by atomic mass is 16.5. The minimum atomic E-state index is 0.235. The van der Waals surface area contributed by atoms with Crippen molar-refractivity contribution in [3.05, 3.63) is 30.3 Å². The number of benzene rings is 1. The summed E-state index contributed by atoms with van der Waals surface area (Å²) in [5.74, 6) is 1.95. The quantitative estimate of drug-likeness (QED) is 0.847. The van der Waals surface area contributed by atoms with E-state index in [1.807, 2.05) is 30.3 Å². The van der Waals surface area contributed by atoms with Crippen LogP contribution in [-0.2, 0) is 0 Å². The second-order valence-corrected chi connectivity index (χ2v) is 5.21. The molecule has 0 aliphatic carbocycles. The fourth-order valence-corrected chi connectivity index (χ4v) is 2.72. The molecule has 0 fully saturated rings. The molecule has 1 atom stereocenters. The van der Waals surface area contributed by atoms with Gasteiger partial charge in [0.2, 0.25) is 0 Å². The molecule has 3 nitrogen and oxygen atoms in total. The molecule has 0 saturated heterocycles. The number of pyridine rings is 1. The molecule has 108 valence electrons. The molecule has 1 aromatic carbocycles. The minimum absolute atomic E-state index is 0.235. The van der Waals surface area contributed by atoms with Gasteiger partial charge in [-0.05, 0) is 43.4 Å². The maximum atomic E-state index is 6.26. The standard InChI is InChI=1S/C17H24N2O/c1-4-12(5-2)14(6-3)20-15-9-7-8-13-10-11-16(18)19-17(13)15/h7-12,14H,4-6H2,1-3H3,(H2,18,19). The van der Waals surface area contributed by atoms with Crippen LogP contribution in [0.4, 0.5) is 5.82 Å². The zero-order valence-electron chi connectivity index (χ0n) is 12.6. The van der Waals surface area contributed by atoms with Crippen molar-refractivity contribution < 1.29 is 4.74 Å². The molecule has 1 aromatic heterocycles. The highest BCUT2D eigenvalue weighted by Crippen LogP contribution is 2.28. The lowest BCUT2D eigenvalue weighted by Gasteiger charge is -2.25. The molecule has 1 unspecified atom stereocenters. The second-order valence-electron chi connectivity index (χ2n) is 5.21. The van der Waals surface area contributed by atoms with Crippen LogP contribution in [0.2, 0.25) is 0 Å². The van der Waals surface area contributed by atoms with Gasteiger partial charge in [0, 0.05) is 5.39 Å². The van der Waals surface area contributed by atoms with Crippen LogP contribution < -0.4 is 10.5 Å². The molecule has 2 aromatic rings. The van der Waals surface area contributed by atoms with Crippen molar-refractivity contribution in [3.8, 4) is 5.75 Å². The third-order valence-electron chi connectivity index (χ3n) is 3.96. The maximum Gasteiger partial charge on any atom is 0.146 e. The van der Waals surface area contributed by atoms with Crippen molar-refractivity contribution in [3.63, 3.8) is 0 Å². The van der Waals surface area contributed by atoms with E-state index < -0.39 is 0 Å². The number of fused-ring (bicyclic) bond motifs is 1. The van der Waals surface area contributed by atoms with Crippen LogP contribution in [0.3, 0.4) is 0 Å². The van der Waals surface area contributed by atoms with E-state index in [1.165, 1.54) is 0 Å². The predicted molar refractivity (Wildman–Crippen MR) is 84.9 cm³/mol. The zero-order valence-corrected chi connectivity index (χ0v) is 12.6. The maximum absolute atomic E-state index is 6.26. The number of para-hydroxylation sites is 1. The Morgan fingerprint density at radius 2 is 1.80 bits per heavy atom. The molecule has 1 heterocycles. The van der Waals surface area contributed by atoms with Crippen molar-refractivity contribution in [2.24, 2.45) is 5.92 Å². The Morgan fingerprint density at radius 3 is 2.45 bits per heavy atom. The van der Waals surface area contributed by atoms with E-state index in [1.54, 1.807) is 0 Å². The lowest BCUT2D eigenvalue weighted by Crippen LogP contribution is -2.25. The number of ether oxygens (including phenoxy) is 1. The minimum Gasteiger partial charge on any atom is -0.488 e. The van der Waals surface area contributed by atoms with Gasteiger partial charge in [-0.25, -0.2) is 4.98 Å². The van der Waals surface area contributed by atoms with Crippen LogP contribution >= 0.6 is 0 Å². The number of nitrogens with zero attached hydrogens (tertiary/aromatic N) is 1. The number of rotatable bonds is 6. The Labute approximate surface area is 121 Å². The third-order valence-corrected chi connectivity index (χ3v) is 3.96. The van der Waals surface area contributed by atoms with Gasteiger partial charge in [-0.15, -0.1) is 0 Å². The van der Waals surface area contributed by atoms with Gasteiger partial charge in [0.05, 0.1) is 0 Å². The number of hydrogen-bond donors (Lipinski definition) is 1. The molecule has 20 heavy (non-hydrogen) atoms. The van der Waals surface area contributed by atoms with E-state index >= 15 is 0 Å². The Kier molecular flexibility index (Phi) is 4.83. The molecule has 0 aliphatic heterocycles. The largest absolute Gasteiger partial charge is 0.488 e. The lowest BCUT2D eigenvalue weighted by atomic mass is 9.94. The van der Waals surface area contributed by atoms with Crippen molar-refractivity contribution in [2.45, 2.75) is 46.1 Å². The Hall–Kier alpha value is -1.77. The fourth-order valence-electron chi connectivity index (χ4n) is 2.72. The first-order valence-corrected chi connectivity index (χ1v) is 7.51. The summed E-state index contributed by atoms with van der Waals surface area (Å²) < 4.78 is 6.26. The summed E-state index contributed by atoms with van der Waals surface area (Å²) >= 11 is 0. The van der Waals surface area contributed by atoms with Crippen molar-refractivity contribution >= 4 is 16.7 Å². The zero-order chi connectivity index (χ0) is 14.5. The van der Waals surface area contributed by atoms with E-state index in [4.69, 9.17) is 10.5 Å². The molecule has 3 heteroatoms. The highest BCUT2D eigenvalue weighted by molar-refractivity contribution is 5.85. The van der Waals surface area contributed by atoms with Crippen LogP contribution in [0.15, 0.2) is 30.3 Å². The molecule has 0 radical (unpaired) electrons. The predicted octanol–water partition coefficient (Wildman–Crippen LogP) is 4.41. The van der Waals surface area contributed by atoms with Gasteiger partial charge in [-0.3, -0.25) is 0 Å². The van der Waals surface area contributed by atoms with Crippen LogP contribution in [0, 0.1) is 5.92 Å². The SMILES string of the molecule is CCC(CC)C(CC)Oc1cccc2ccc(N)nc12. The molecular weight excluding hydrogens is 248 g/mol. The number of nitrogens with two attached hydrogens (primary N) is 1. The molecule has 0 spiro atoms. The number of nitrogen functional groups attached to an aromatic ring is 1. The van der Waals surface area contributed by atoms with Crippen LogP contribution in [0.5, 0.6) is 5.75 Å². The number of aromatic nitrogens is 1. The average molecular weight is 272 g/mol. The van der Waals surface area contributed by atoms with Crippen LogP contribution in [0.25, 0.3) is 10.9 Å². The molecule has 2 N–H and O–H groups in total. The fraction of sp³-hybridized carbons (Fsp3) is 0.471. The molecule has 0 amide bonds. The van der Waals surface area contributed by atoms with Crippen molar-refractivity contribution in [1.82, 2.24) is 4.98 Å². The smallest absolute Gasteiger partial charge is 0.146 e. The van der Waals surface area contributed by atoms with Gasteiger partial charge in [0.1, 0.15) is 23.2 Å². The highest BCUT2D eigenvalue weighted by Gasteiger charge is 2.19. The summed E-state index contributed by atoms with van der Waals surface area (Å²) in [6.07, 6.45) is 3.51. The summed E-state index contributed by atoms with van der Waals surface area (Å²) in [6, 6.07) is 9.84. The normalized spacial score (nSPS) is 12.8. The first-order chi connectivity index (χ1) is 9.69. The van der Waals surface area contributed by atoms with E-state index in [0.29, 0.717) is 11.7 Å². The molecule has 0 saturated carbocycles. The molecule has 0 bridgehead atoms. The summed E-state index contributed by atoms with van der Waals surface area (Å²) in [4.78, 5) is 4.43. The van der Waals surface area contributed by atoms with Crippen LogP contribution in [-0.4, -0.2) is 11.1 Å². The first kappa shape index (κ1) is 14.6. The molecule has 2 rings (SSSR count). The lowest BCUT2D eigenvalue weighted by molar-refractivity contribution is 0.125. The van der Waals surface area contributed by atoms with E-state index in [0.717, 1.165) is 35.9 Å². The van der Waals surface area contributed by atoms with E-state index in [-0.39, 0.29) is 6.10 Å². The van der Waals surface area contributed by atoms with E-state index in [2.05, 4.69) is 25.8 Å². The van der Waals surface area contributed by atoms with Crippen LogP contribution in [0.1, 0.15) is 40.0 Å². The van der Waals surface area contributed by atoms with Gasteiger partial charge < -0.3 is 10.5 Å². The average Bonchev–Trinajstić information content (AvgIpc) is 2.47. The molecule has 0 aliphatic rings. The number of anilines is 1. The Bertz CT molecular complexity index is 564. The summed E-state index contributed by atoms with van der Waals surface area (Å²) in [6.45, 7) is 6.62. The second kappa shape index (κ2) is 6.60. The number of hydrogen-bond acceptors (Lipinski definition) is 3. The third kappa shape index (κ3) is 3.03. The van der Waals surface area contributed by atoms with Crippen molar-refractivity contribution in [2.75, 3.05) is 5.73 Å². The monoisotopic (exact) mass is 272 g/mol. The van der Waals surface area contributed by atoms with E-state index in [9.17, 15) is 0 Å². The molecular formula is C17H24N2O. The van der Waals surface area contributed by atoms with Gasteiger partial charge in [0.25, 0.3) is 0 Å². The summed E-state index contributed by atoms with van der Waals surface area (Å²) in [5.41, 5.74) is 6.66. The van der Waals surface area contributed by atoms with Gasteiger partial charge in [0.15, 0.2) is 0 Å². The van der Waals surface area contributed by atoms with Gasteiger partial charge in [-0.1, -0.05) is 32.9 Å².